The SMILES string of the molecule is CCCCNC(=O)[C@H](c1ccccc1)N(Cc1ccc(Cl)cc1)C(=O)COc1ccc(S(=O)(=O)Nc2ccc(F)cc2)cc1. The van der Waals surface area contributed by atoms with Gasteiger partial charge in [-0.3, -0.25) is 14.3 Å². The van der Waals surface area contributed by atoms with Gasteiger partial charge < -0.3 is 15.0 Å². The predicted molar refractivity (Wildman–Crippen MR) is 168 cm³/mol. The van der Waals surface area contributed by atoms with Gasteiger partial charge in [0.1, 0.15) is 17.6 Å². The zero-order chi connectivity index (χ0) is 31.5. The Bertz CT molecular complexity index is 1640. The molecule has 0 aliphatic rings. The number of sulfonamides is 1. The lowest BCUT2D eigenvalue weighted by molar-refractivity contribution is -0.143. The maximum absolute atomic E-state index is 13.8. The fourth-order valence-electron chi connectivity index (χ4n) is 4.38. The van der Waals surface area contributed by atoms with Crippen LogP contribution in [-0.2, 0) is 26.2 Å². The monoisotopic (exact) mass is 637 g/mol. The van der Waals surface area contributed by atoms with Gasteiger partial charge in [0, 0.05) is 23.8 Å². The molecule has 1 atom stereocenters. The Kier molecular flexibility index (Phi) is 11.3. The van der Waals surface area contributed by atoms with Crippen LogP contribution in [-0.4, -0.2) is 38.3 Å². The van der Waals surface area contributed by atoms with Crippen molar-refractivity contribution in [2.75, 3.05) is 17.9 Å². The third-order valence-corrected chi connectivity index (χ3v) is 8.33. The predicted octanol–water partition coefficient (Wildman–Crippen LogP) is 6.35. The molecule has 0 unspecified atom stereocenters. The van der Waals surface area contributed by atoms with Gasteiger partial charge in [0.05, 0.1) is 4.90 Å². The molecule has 2 amide bonds. The van der Waals surface area contributed by atoms with Crippen LogP contribution in [0.25, 0.3) is 0 Å². The molecule has 0 aromatic heterocycles. The Morgan fingerprint density at radius 1 is 0.909 bits per heavy atom. The molecule has 0 spiro atoms. The van der Waals surface area contributed by atoms with E-state index in [1.165, 1.54) is 41.3 Å². The maximum atomic E-state index is 13.8. The number of benzene rings is 4. The molecular weight excluding hydrogens is 605 g/mol. The highest BCUT2D eigenvalue weighted by molar-refractivity contribution is 7.92. The van der Waals surface area contributed by atoms with Crippen molar-refractivity contribution in [3.63, 3.8) is 0 Å². The largest absolute Gasteiger partial charge is 0.484 e. The van der Waals surface area contributed by atoms with E-state index in [4.69, 9.17) is 16.3 Å². The summed E-state index contributed by atoms with van der Waals surface area (Å²) in [4.78, 5) is 28.7. The van der Waals surface area contributed by atoms with Crippen molar-refractivity contribution in [2.45, 2.75) is 37.2 Å². The molecule has 0 fully saturated rings. The number of anilines is 1. The van der Waals surface area contributed by atoms with Gasteiger partial charge in [0.15, 0.2) is 6.61 Å². The smallest absolute Gasteiger partial charge is 0.261 e. The average molecular weight is 638 g/mol. The second-order valence-corrected chi connectivity index (χ2v) is 12.1. The zero-order valence-corrected chi connectivity index (χ0v) is 25.7. The number of amides is 2. The highest BCUT2D eigenvalue weighted by Gasteiger charge is 2.31. The molecule has 4 aromatic carbocycles. The Labute approximate surface area is 261 Å². The van der Waals surface area contributed by atoms with Crippen LogP contribution in [0, 0.1) is 5.82 Å². The molecule has 4 rings (SSSR count). The standard InChI is InChI=1S/C33H33ClFN3O5S/c1-2-3-21-36-33(40)32(25-7-5-4-6-8-25)38(22-24-9-11-26(34)12-10-24)31(39)23-43-29-17-19-30(20-18-29)44(41,42)37-28-15-13-27(35)14-16-28/h4-20,32,37H,2-3,21-23H2,1H3,(H,36,40)/t32-/m0/s1. The average Bonchev–Trinajstić information content (AvgIpc) is 3.02. The van der Waals surface area contributed by atoms with Gasteiger partial charge >= 0.3 is 0 Å². The van der Waals surface area contributed by atoms with Gasteiger partial charge in [-0.15, -0.1) is 0 Å². The highest BCUT2D eigenvalue weighted by Crippen LogP contribution is 2.26. The van der Waals surface area contributed by atoms with E-state index in [1.807, 2.05) is 25.1 Å². The summed E-state index contributed by atoms with van der Waals surface area (Å²) in [5, 5.41) is 3.50. The minimum absolute atomic E-state index is 0.0437. The van der Waals surface area contributed by atoms with Gasteiger partial charge in [-0.05, 0) is 78.2 Å². The van der Waals surface area contributed by atoms with Crippen LogP contribution >= 0.6 is 11.6 Å². The summed E-state index contributed by atoms with van der Waals surface area (Å²) in [5.74, 6) is -0.985. The number of nitrogens with one attached hydrogen (secondary N) is 2. The molecule has 0 bridgehead atoms. The van der Waals surface area contributed by atoms with Crippen LogP contribution < -0.4 is 14.8 Å². The third kappa shape index (κ3) is 9.05. The third-order valence-electron chi connectivity index (χ3n) is 6.68. The van der Waals surface area contributed by atoms with Crippen molar-refractivity contribution in [2.24, 2.45) is 0 Å². The fraction of sp³-hybridized carbons (Fsp3) is 0.212. The summed E-state index contributed by atoms with van der Waals surface area (Å²) in [6.45, 7) is 2.22. The number of ether oxygens (including phenoxy) is 1. The van der Waals surface area contributed by atoms with E-state index in [1.54, 1.807) is 36.4 Å². The van der Waals surface area contributed by atoms with Gasteiger partial charge in [-0.25, -0.2) is 12.8 Å². The Morgan fingerprint density at radius 3 is 2.20 bits per heavy atom. The summed E-state index contributed by atoms with van der Waals surface area (Å²) in [7, 11) is -3.94. The Balaban J connectivity index is 1.53. The van der Waals surface area contributed by atoms with E-state index in [9.17, 15) is 22.4 Å². The first-order valence-electron chi connectivity index (χ1n) is 14.0. The van der Waals surface area contributed by atoms with Crippen LogP contribution in [0.15, 0.2) is 108 Å². The molecule has 8 nitrogen and oxygen atoms in total. The van der Waals surface area contributed by atoms with E-state index in [0.29, 0.717) is 17.1 Å². The number of halogens is 2. The fourth-order valence-corrected chi connectivity index (χ4v) is 5.56. The second kappa shape index (κ2) is 15.4. The molecule has 0 aliphatic carbocycles. The molecule has 2 N–H and O–H groups in total. The minimum atomic E-state index is -3.94. The molecule has 0 aliphatic heterocycles. The van der Waals surface area contributed by atoms with Gasteiger partial charge in [-0.2, -0.15) is 0 Å². The van der Waals surface area contributed by atoms with Crippen molar-refractivity contribution in [1.29, 1.82) is 0 Å². The zero-order valence-electron chi connectivity index (χ0n) is 24.1. The highest BCUT2D eigenvalue weighted by atomic mass is 35.5. The quantitative estimate of drug-likeness (QED) is 0.157. The van der Waals surface area contributed by atoms with E-state index < -0.39 is 34.4 Å². The van der Waals surface area contributed by atoms with Crippen molar-refractivity contribution < 1.29 is 27.1 Å². The maximum Gasteiger partial charge on any atom is 0.261 e. The van der Waals surface area contributed by atoms with E-state index in [0.717, 1.165) is 30.5 Å². The molecule has 11 heteroatoms. The van der Waals surface area contributed by atoms with Gasteiger partial charge in [0.2, 0.25) is 5.91 Å². The summed E-state index contributed by atoms with van der Waals surface area (Å²) < 4.78 is 46.9. The van der Waals surface area contributed by atoms with E-state index >= 15 is 0 Å². The Hall–Kier alpha value is -4.41. The number of carbonyl (C=O) groups excluding carboxylic acids is 2. The summed E-state index contributed by atoms with van der Waals surface area (Å²) in [5.41, 5.74) is 1.63. The molecule has 230 valence electrons. The van der Waals surface area contributed by atoms with Crippen LogP contribution in [0.3, 0.4) is 0 Å². The summed E-state index contributed by atoms with van der Waals surface area (Å²) in [6, 6.07) is 25.6. The molecule has 0 heterocycles. The first kappa shape index (κ1) is 32.5. The van der Waals surface area contributed by atoms with Crippen molar-refractivity contribution in [3.8, 4) is 5.75 Å². The van der Waals surface area contributed by atoms with Gasteiger partial charge in [0.25, 0.3) is 15.9 Å². The lowest BCUT2D eigenvalue weighted by atomic mass is 10.0. The minimum Gasteiger partial charge on any atom is -0.484 e. The lowest BCUT2D eigenvalue weighted by Gasteiger charge is -2.31. The topological polar surface area (TPSA) is 105 Å². The molecule has 44 heavy (non-hydrogen) atoms. The van der Waals surface area contributed by atoms with Crippen LogP contribution in [0.2, 0.25) is 5.02 Å². The summed E-state index contributed by atoms with van der Waals surface area (Å²) in [6.07, 6.45) is 1.70. The molecule has 0 saturated carbocycles. The number of nitrogens with zero attached hydrogens (tertiary/aromatic N) is 1. The summed E-state index contributed by atoms with van der Waals surface area (Å²) >= 11 is 6.07. The molecular formula is C33H33ClFN3O5S. The van der Waals surface area contributed by atoms with Crippen LogP contribution in [0.4, 0.5) is 10.1 Å². The first-order valence-corrected chi connectivity index (χ1v) is 15.9. The number of rotatable bonds is 14. The number of hydrogen-bond acceptors (Lipinski definition) is 5. The van der Waals surface area contributed by atoms with Gasteiger partial charge in [-0.1, -0.05) is 67.4 Å². The van der Waals surface area contributed by atoms with Crippen LogP contribution in [0.5, 0.6) is 5.75 Å². The normalized spacial score (nSPS) is 11.8. The molecule has 4 aromatic rings. The second-order valence-electron chi connectivity index (χ2n) is 9.98. The Morgan fingerprint density at radius 2 is 1.57 bits per heavy atom. The lowest BCUT2D eigenvalue weighted by Crippen LogP contribution is -2.45. The number of carbonyl (C=O) groups is 2. The van der Waals surface area contributed by atoms with Crippen molar-refractivity contribution >= 4 is 39.1 Å². The first-order chi connectivity index (χ1) is 21.2. The van der Waals surface area contributed by atoms with Crippen molar-refractivity contribution in [1.82, 2.24) is 10.2 Å². The van der Waals surface area contributed by atoms with E-state index in [-0.39, 0.29) is 28.8 Å². The molecule has 0 saturated heterocycles. The number of hydrogen-bond donors (Lipinski definition) is 2. The van der Waals surface area contributed by atoms with Crippen LogP contribution in [0.1, 0.15) is 36.9 Å². The number of unbranched alkanes of at least 4 members (excludes halogenated alkanes) is 1. The van der Waals surface area contributed by atoms with E-state index in [2.05, 4.69) is 10.0 Å². The molecule has 0 radical (unpaired) electrons. The van der Waals surface area contributed by atoms with Crippen molar-refractivity contribution in [3.05, 3.63) is 125 Å².